The Morgan fingerprint density at radius 3 is 2.53 bits per heavy atom. The van der Waals surface area contributed by atoms with E-state index in [2.05, 4.69) is 0 Å². The molecule has 2 saturated heterocycles. The van der Waals surface area contributed by atoms with Gasteiger partial charge in [0.1, 0.15) is 0 Å². The van der Waals surface area contributed by atoms with E-state index in [-0.39, 0.29) is 23.8 Å². The van der Waals surface area contributed by atoms with Crippen molar-refractivity contribution >= 4 is 27.5 Å². The number of amides is 2. The Morgan fingerprint density at radius 1 is 1.10 bits per heavy atom. The lowest BCUT2D eigenvalue weighted by molar-refractivity contribution is -0.141. The van der Waals surface area contributed by atoms with Crippen LogP contribution >= 0.6 is 0 Å². The van der Waals surface area contributed by atoms with Crippen LogP contribution in [-0.2, 0) is 26.0 Å². The lowest BCUT2D eigenvalue weighted by Gasteiger charge is -2.36. The van der Waals surface area contributed by atoms with Gasteiger partial charge in [0.05, 0.1) is 31.1 Å². The molecule has 2 fully saturated rings. The molecule has 3 heterocycles. The number of hydrogen-bond donors (Lipinski definition) is 0. The smallest absolute Gasteiger partial charge is 0.253 e. The van der Waals surface area contributed by atoms with Crippen molar-refractivity contribution in [2.45, 2.75) is 32.2 Å². The van der Waals surface area contributed by atoms with Crippen LogP contribution in [0.1, 0.15) is 35.7 Å². The Labute approximate surface area is 177 Å². The number of nitrogens with zero attached hydrogens (tertiary/aromatic N) is 3. The molecule has 1 aromatic rings. The number of likely N-dealkylation sites (tertiary alicyclic amines) is 1. The normalized spacial score (nSPS) is 24.7. The molecule has 0 N–H and O–H groups in total. The number of morpholine rings is 1. The largest absolute Gasteiger partial charge is 0.378 e. The number of anilines is 1. The third-order valence-corrected chi connectivity index (χ3v) is 7.49. The molecule has 2 atom stereocenters. The molecule has 0 unspecified atom stereocenters. The van der Waals surface area contributed by atoms with Crippen molar-refractivity contribution in [2.75, 3.05) is 50.0 Å². The molecular formula is C21H29N3O5S. The van der Waals surface area contributed by atoms with Crippen molar-refractivity contribution in [2.24, 2.45) is 5.92 Å². The quantitative estimate of drug-likeness (QED) is 0.710. The molecule has 0 bridgehead atoms. The van der Waals surface area contributed by atoms with Crippen molar-refractivity contribution in [3.8, 4) is 0 Å². The van der Waals surface area contributed by atoms with Crippen molar-refractivity contribution < 1.29 is 22.7 Å². The van der Waals surface area contributed by atoms with Gasteiger partial charge in [-0.15, -0.1) is 0 Å². The maximum atomic E-state index is 13.2. The van der Waals surface area contributed by atoms with Gasteiger partial charge in [0.25, 0.3) is 5.91 Å². The summed E-state index contributed by atoms with van der Waals surface area (Å²) in [5.41, 5.74) is 2.08. The molecule has 3 aliphatic rings. The van der Waals surface area contributed by atoms with Gasteiger partial charge in [-0.2, -0.15) is 0 Å². The minimum atomic E-state index is -3.36. The lowest BCUT2D eigenvalue weighted by Crippen LogP contribution is -2.49. The molecule has 2 amide bonds. The number of benzene rings is 1. The van der Waals surface area contributed by atoms with Crippen LogP contribution in [0.2, 0.25) is 0 Å². The topological polar surface area (TPSA) is 87.2 Å². The summed E-state index contributed by atoms with van der Waals surface area (Å²) in [6.45, 7) is 5.30. The van der Waals surface area contributed by atoms with Crippen LogP contribution < -0.4 is 4.31 Å². The summed E-state index contributed by atoms with van der Waals surface area (Å²) in [7, 11) is -3.36. The van der Waals surface area contributed by atoms with E-state index in [4.69, 9.17) is 4.74 Å². The maximum Gasteiger partial charge on any atom is 0.253 e. The maximum absolute atomic E-state index is 13.2. The van der Waals surface area contributed by atoms with Crippen LogP contribution in [-0.4, -0.2) is 81.7 Å². The van der Waals surface area contributed by atoms with Crippen molar-refractivity contribution in [1.29, 1.82) is 0 Å². The zero-order valence-corrected chi connectivity index (χ0v) is 18.4. The van der Waals surface area contributed by atoms with E-state index in [1.54, 1.807) is 17.0 Å². The van der Waals surface area contributed by atoms with E-state index in [1.165, 1.54) is 10.6 Å². The van der Waals surface area contributed by atoms with E-state index in [9.17, 15) is 18.0 Å². The van der Waals surface area contributed by atoms with Crippen LogP contribution in [0.15, 0.2) is 18.2 Å². The minimum absolute atomic E-state index is 0.0947. The first-order valence-electron chi connectivity index (χ1n) is 10.5. The molecule has 0 saturated carbocycles. The van der Waals surface area contributed by atoms with Gasteiger partial charge in [0, 0.05) is 37.8 Å². The highest BCUT2D eigenvalue weighted by atomic mass is 32.2. The second kappa shape index (κ2) is 8.19. The number of fused-ring (bicyclic) bond motifs is 1. The zero-order chi connectivity index (χ0) is 21.5. The van der Waals surface area contributed by atoms with Gasteiger partial charge >= 0.3 is 0 Å². The molecule has 0 aromatic heterocycles. The van der Waals surface area contributed by atoms with Crippen LogP contribution in [0, 0.1) is 5.92 Å². The number of carbonyl (C=O) groups excluding carboxylic acids is 2. The third-order valence-electron chi connectivity index (χ3n) is 6.22. The summed E-state index contributed by atoms with van der Waals surface area (Å²) in [6.07, 6.45) is 3.39. The van der Waals surface area contributed by atoms with Gasteiger partial charge in [-0.05, 0) is 49.9 Å². The molecule has 1 aromatic carbocycles. The first-order chi connectivity index (χ1) is 14.3. The second-order valence-corrected chi connectivity index (χ2v) is 10.3. The first-order valence-corrected chi connectivity index (χ1v) is 12.4. The summed E-state index contributed by atoms with van der Waals surface area (Å²) in [4.78, 5) is 29.6. The summed E-state index contributed by atoms with van der Waals surface area (Å²) in [5, 5.41) is 0. The molecular weight excluding hydrogens is 406 g/mol. The van der Waals surface area contributed by atoms with Gasteiger partial charge in [-0.3, -0.25) is 13.9 Å². The van der Waals surface area contributed by atoms with Gasteiger partial charge < -0.3 is 14.5 Å². The minimum Gasteiger partial charge on any atom is -0.378 e. The summed E-state index contributed by atoms with van der Waals surface area (Å²) in [6, 6.07) is 5.08. The molecule has 164 valence electrons. The molecule has 8 nitrogen and oxygen atoms in total. The molecule has 0 aliphatic carbocycles. The number of piperidine rings is 1. The van der Waals surface area contributed by atoms with Gasteiger partial charge in [-0.25, -0.2) is 8.42 Å². The van der Waals surface area contributed by atoms with Crippen LogP contribution in [0.25, 0.3) is 0 Å². The third kappa shape index (κ3) is 4.05. The van der Waals surface area contributed by atoms with Crippen molar-refractivity contribution in [3.05, 3.63) is 29.3 Å². The molecule has 0 spiro atoms. The van der Waals surface area contributed by atoms with E-state index in [0.29, 0.717) is 57.1 Å². The van der Waals surface area contributed by atoms with Crippen LogP contribution in [0.4, 0.5) is 5.69 Å². The standard InChI is InChI=1S/C21H29N3O5S/c1-15-12-18-13-16(5-6-19(18)24(15)30(2,27)28)20(25)23-7-3-4-17(14-23)21(26)22-8-10-29-11-9-22/h5-6,13,15,17H,3-4,7-12,14H2,1-2H3/t15-,17-/m1/s1. The highest BCUT2D eigenvalue weighted by molar-refractivity contribution is 7.92. The molecule has 0 radical (unpaired) electrons. The number of carbonyl (C=O) groups is 2. The highest BCUT2D eigenvalue weighted by Gasteiger charge is 2.35. The first kappa shape index (κ1) is 21.1. The molecule has 3 aliphatic heterocycles. The van der Waals surface area contributed by atoms with Gasteiger partial charge in [0.15, 0.2) is 0 Å². The Kier molecular flexibility index (Phi) is 5.76. The Morgan fingerprint density at radius 2 is 1.83 bits per heavy atom. The number of ether oxygens (including phenoxy) is 1. The van der Waals surface area contributed by atoms with Crippen molar-refractivity contribution in [1.82, 2.24) is 9.80 Å². The van der Waals surface area contributed by atoms with Gasteiger partial charge in [0.2, 0.25) is 15.9 Å². The number of rotatable bonds is 3. The fourth-order valence-electron chi connectivity index (χ4n) is 4.83. The summed E-state index contributed by atoms with van der Waals surface area (Å²) in [5.74, 6) is -0.152. The summed E-state index contributed by atoms with van der Waals surface area (Å²) >= 11 is 0. The number of hydrogen-bond acceptors (Lipinski definition) is 5. The fraction of sp³-hybridized carbons (Fsp3) is 0.619. The average molecular weight is 436 g/mol. The molecule has 4 rings (SSSR count). The van der Waals surface area contributed by atoms with Crippen molar-refractivity contribution in [3.63, 3.8) is 0 Å². The second-order valence-electron chi connectivity index (χ2n) is 8.48. The molecule has 30 heavy (non-hydrogen) atoms. The van der Waals surface area contributed by atoms with E-state index < -0.39 is 10.0 Å². The average Bonchev–Trinajstić information content (AvgIpc) is 3.08. The van der Waals surface area contributed by atoms with E-state index in [0.717, 1.165) is 18.4 Å². The number of sulfonamides is 1. The van der Waals surface area contributed by atoms with Gasteiger partial charge in [-0.1, -0.05) is 0 Å². The zero-order valence-electron chi connectivity index (χ0n) is 17.5. The van der Waals surface area contributed by atoms with Crippen LogP contribution in [0.3, 0.4) is 0 Å². The Hall–Kier alpha value is -2.13. The predicted octanol–water partition coefficient (Wildman–Crippen LogP) is 1.11. The molecule has 9 heteroatoms. The van der Waals surface area contributed by atoms with E-state index in [1.807, 2.05) is 17.9 Å². The highest BCUT2D eigenvalue weighted by Crippen LogP contribution is 2.35. The fourth-order valence-corrected chi connectivity index (χ4v) is 6.09. The SMILES string of the molecule is C[C@@H]1Cc2cc(C(=O)N3CCC[C@@H](C(=O)N4CCOCC4)C3)ccc2N1S(C)(=O)=O. The van der Waals surface area contributed by atoms with Crippen LogP contribution in [0.5, 0.6) is 0 Å². The summed E-state index contributed by atoms with van der Waals surface area (Å²) < 4.78 is 31.0. The predicted molar refractivity (Wildman–Crippen MR) is 113 cm³/mol. The van der Waals surface area contributed by atoms with E-state index >= 15 is 0 Å². The Bertz CT molecular complexity index is 942. The lowest BCUT2D eigenvalue weighted by atomic mass is 9.95. The Balaban J connectivity index is 1.48. The monoisotopic (exact) mass is 435 g/mol.